The van der Waals surface area contributed by atoms with E-state index in [9.17, 15) is 9.59 Å². The van der Waals surface area contributed by atoms with Crippen LogP contribution < -0.4 is 0 Å². The molecule has 0 aromatic heterocycles. The lowest BCUT2D eigenvalue weighted by molar-refractivity contribution is 0.0444. The number of nitrogens with zero attached hydrogens (tertiary/aromatic N) is 1. The first-order chi connectivity index (χ1) is 7.79. The topological polar surface area (TPSA) is 65.0 Å². The Morgan fingerprint density at radius 1 is 1.06 bits per heavy atom. The second-order valence-corrected chi connectivity index (χ2v) is 3.10. The van der Waals surface area contributed by atoms with Gasteiger partial charge in [0.25, 0.3) is 0 Å². The van der Waals surface area contributed by atoms with Gasteiger partial charge in [-0.05, 0) is 12.1 Å². The standard InChI is InChI=1S/C8H4O3.C3H5NO/c9-7-5-3-1-2-4-6(5)8(10)11-7;1-2-5-3-4-1/h1-4H;3H,1-2H2. The molecule has 2 aliphatic rings. The van der Waals surface area contributed by atoms with E-state index in [0.717, 1.165) is 13.2 Å². The van der Waals surface area contributed by atoms with Crippen LogP contribution in [-0.2, 0) is 9.47 Å². The summed E-state index contributed by atoms with van der Waals surface area (Å²) in [4.78, 5) is 25.4. The van der Waals surface area contributed by atoms with E-state index in [1.54, 1.807) is 24.3 Å². The average molecular weight is 219 g/mol. The fourth-order valence-electron chi connectivity index (χ4n) is 1.30. The Balaban J connectivity index is 0.000000162. The van der Waals surface area contributed by atoms with Crippen LogP contribution in [0.25, 0.3) is 0 Å². The van der Waals surface area contributed by atoms with Crippen molar-refractivity contribution < 1.29 is 19.1 Å². The fourth-order valence-corrected chi connectivity index (χ4v) is 1.30. The minimum absolute atomic E-state index is 0.359. The third-order valence-electron chi connectivity index (χ3n) is 2.04. The van der Waals surface area contributed by atoms with E-state index < -0.39 is 11.9 Å². The summed E-state index contributed by atoms with van der Waals surface area (Å²) in [6.07, 6.45) is 1.49. The molecule has 0 N–H and O–H groups in total. The average Bonchev–Trinajstić information content (AvgIpc) is 2.94. The van der Waals surface area contributed by atoms with Crippen molar-refractivity contribution in [2.75, 3.05) is 13.2 Å². The highest BCUT2D eigenvalue weighted by atomic mass is 16.6. The summed E-state index contributed by atoms with van der Waals surface area (Å²) < 4.78 is 9.01. The van der Waals surface area contributed by atoms with Gasteiger partial charge in [0.05, 0.1) is 17.7 Å². The minimum Gasteiger partial charge on any atom is -0.482 e. The van der Waals surface area contributed by atoms with E-state index >= 15 is 0 Å². The van der Waals surface area contributed by atoms with E-state index in [1.165, 1.54) is 6.40 Å². The third kappa shape index (κ3) is 2.08. The lowest BCUT2D eigenvalue weighted by Crippen LogP contribution is -1.96. The van der Waals surface area contributed by atoms with Crippen LogP contribution >= 0.6 is 0 Å². The van der Waals surface area contributed by atoms with Gasteiger partial charge in [0.1, 0.15) is 6.61 Å². The number of rotatable bonds is 0. The van der Waals surface area contributed by atoms with E-state index in [1.807, 2.05) is 0 Å². The zero-order chi connectivity index (χ0) is 11.4. The quantitative estimate of drug-likeness (QED) is 0.483. The number of fused-ring (bicyclic) bond motifs is 1. The molecule has 16 heavy (non-hydrogen) atoms. The van der Waals surface area contributed by atoms with Crippen LogP contribution in [0.1, 0.15) is 20.7 Å². The van der Waals surface area contributed by atoms with Crippen LogP contribution in [0.2, 0.25) is 0 Å². The summed E-state index contributed by atoms with van der Waals surface area (Å²) in [6.45, 7) is 1.62. The Morgan fingerprint density at radius 2 is 1.69 bits per heavy atom. The molecule has 0 radical (unpaired) electrons. The Bertz CT molecular complexity index is 414. The maximum absolute atomic E-state index is 10.8. The first-order valence-corrected chi connectivity index (χ1v) is 4.74. The molecule has 2 heterocycles. The van der Waals surface area contributed by atoms with Crippen LogP contribution in [0.3, 0.4) is 0 Å². The molecule has 0 atom stereocenters. The number of carbonyl (C=O) groups excluding carboxylic acids is 2. The van der Waals surface area contributed by atoms with Crippen molar-refractivity contribution >= 4 is 18.3 Å². The zero-order valence-electron chi connectivity index (χ0n) is 8.38. The predicted octanol–water partition coefficient (Wildman–Crippen LogP) is 1.04. The van der Waals surface area contributed by atoms with Crippen molar-refractivity contribution in [3.63, 3.8) is 0 Å². The number of esters is 2. The summed E-state index contributed by atoms with van der Waals surface area (Å²) in [6, 6.07) is 6.53. The monoisotopic (exact) mass is 219 g/mol. The van der Waals surface area contributed by atoms with Crippen molar-refractivity contribution in [3.05, 3.63) is 35.4 Å². The number of carbonyl (C=O) groups is 2. The molecule has 0 bridgehead atoms. The molecule has 2 aliphatic heterocycles. The smallest absolute Gasteiger partial charge is 0.346 e. The SMILES string of the molecule is C1=NCCO1.O=C1OC(=O)c2ccccc21. The van der Waals surface area contributed by atoms with Gasteiger partial charge in [-0.15, -0.1) is 0 Å². The minimum atomic E-state index is -0.550. The zero-order valence-corrected chi connectivity index (χ0v) is 8.38. The molecule has 0 amide bonds. The summed E-state index contributed by atoms with van der Waals surface area (Å²) >= 11 is 0. The summed E-state index contributed by atoms with van der Waals surface area (Å²) in [5.41, 5.74) is 0.718. The van der Waals surface area contributed by atoms with Crippen molar-refractivity contribution in [1.29, 1.82) is 0 Å². The molecule has 5 heteroatoms. The van der Waals surface area contributed by atoms with Crippen molar-refractivity contribution in [2.45, 2.75) is 0 Å². The lowest BCUT2D eigenvalue weighted by atomic mass is 10.1. The summed E-state index contributed by atoms with van der Waals surface area (Å²) in [5, 5.41) is 0. The molecule has 0 saturated carbocycles. The maximum atomic E-state index is 10.8. The largest absolute Gasteiger partial charge is 0.482 e. The van der Waals surface area contributed by atoms with Crippen LogP contribution in [0.15, 0.2) is 29.3 Å². The molecule has 0 aliphatic carbocycles. The van der Waals surface area contributed by atoms with Gasteiger partial charge in [-0.3, -0.25) is 4.99 Å². The molecule has 0 unspecified atom stereocenters. The van der Waals surface area contributed by atoms with E-state index in [0.29, 0.717) is 11.1 Å². The number of hydrogen-bond acceptors (Lipinski definition) is 5. The van der Waals surface area contributed by atoms with Crippen molar-refractivity contribution in [1.82, 2.24) is 0 Å². The van der Waals surface area contributed by atoms with Gasteiger partial charge in [0, 0.05) is 0 Å². The molecule has 1 aromatic carbocycles. The van der Waals surface area contributed by atoms with Gasteiger partial charge in [0.2, 0.25) is 0 Å². The number of cyclic esters (lactones) is 2. The first-order valence-electron chi connectivity index (χ1n) is 4.74. The second kappa shape index (κ2) is 4.57. The maximum Gasteiger partial charge on any atom is 0.346 e. The molecule has 5 nitrogen and oxygen atoms in total. The van der Waals surface area contributed by atoms with Gasteiger partial charge in [-0.2, -0.15) is 0 Å². The van der Waals surface area contributed by atoms with E-state index in [2.05, 4.69) is 14.5 Å². The highest BCUT2D eigenvalue weighted by molar-refractivity contribution is 6.14. The van der Waals surface area contributed by atoms with E-state index in [4.69, 9.17) is 0 Å². The van der Waals surface area contributed by atoms with Crippen LogP contribution in [-0.4, -0.2) is 31.5 Å². The van der Waals surface area contributed by atoms with Gasteiger partial charge in [0.15, 0.2) is 6.40 Å². The summed E-state index contributed by atoms with van der Waals surface area (Å²) in [7, 11) is 0. The lowest BCUT2D eigenvalue weighted by Gasteiger charge is -1.86. The highest BCUT2D eigenvalue weighted by Crippen LogP contribution is 2.18. The van der Waals surface area contributed by atoms with Crippen LogP contribution in [0.5, 0.6) is 0 Å². The highest BCUT2D eigenvalue weighted by Gasteiger charge is 2.28. The van der Waals surface area contributed by atoms with Gasteiger partial charge >= 0.3 is 11.9 Å². The second-order valence-electron chi connectivity index (χ2n) is 3.10. The first kappa shape index (κ1) is 10.4. The predicted molar refractivity (Wildman–Crippen MR) is 55.5 cm³/mol. The Kier molecular flexibility index (Phi) is 2.95. The Morgan fingerprint density at radius 3 is 2.06 bits per heavy atom. The normalized spacial score (nSPS) is 16.0. The number of hydrogen-bond donors (Lipinski definition) is 0. The van der Waals surface area contributed by atoms with Crippen LogP contribution in [0, 0.1) is 0 Å². The fraction of sp³-hybridized carbons (Fsp3) is 0.182. The molecule has 82 valence electrons. The molecular weight excluding hydrogens is 210 g/mol. The van der Waals surface area contributed by atoms with Gasteiger partial charge in [-0.25, -0.2) is 9.59 Å². The Hall–Kier alpha value is -2.17. The number of ether oxygens (including phenoxy) is 2. The van der Waals surface area contributed by atoms with E-state index in [-0.39, 0.29) is 0 Å². The third-order valence-corrected chi connectivity index (χ3v) is 2.04. The van der Waals surface area contributed by atoms with Gasteiger partial charge < -0.3 is 9.47 Å². The van der Waals surface area contributed by atoms with Crippen molar-refractivity contribution in [3.8, 4) is 0 Å². The molecule has 1 aromatic rings. The van der Waals surface area contributed by atoms with Gasteiger partial charge in [-0.1, -0.05) is 12.1 Å². The number of aliphatic imine (C=N–C) groups is 1. The van der Waals surface area contributed by atoms with Crippen LogP contribution in [0.4, 0.5) is 0 Å². The number of benzene rings is 1. The van der Waals surface area contributed by atoms with Crippen molar-refractivity contribution in [2.24, 2.45) is 4.99 Å². The molecule has 0 fully saturated rings. The molecule has 0 saturated heterocycles. The summed E-state index contributed by atoms with van der Waals surface area (Å²) in [5.74, 6) is -1.10. The molecule has 0 spiro atoms. The Labute approximate surface area is 91.7 Å². The molecular formula is C11H9NO4. The molecule has 3 rings (SSSR count).